The van der Waals surface area contributed by atoms with E-state index in [1.165, 1.54) is 7.11 Å². The molecule has 0 radical (unpaired) electrons. The van der Waals surface area contributed by atoms with Crippen molar-refractivity contribution in [1.29, 1.82) is 0 Å². The molecule has 0 saturated carbocycles. The van der Waals surface area contributed by atoms with Crippen molar-refractivity contribution in [3.05, 3.63) is 29.8 Å². The maximum absolute atomic E-state index is 12.3. The normalized spacial score (nSPS) is 12.5. The first-order chi connectivity index (χ1) is 10.3. The van der Waals surface area contributed by atoms with Gasteiger partial charge in [-0.1, -0.05) is 32.0 Å². The van der Waals surface area contributed by atoms with Crippen LogP contribution in [0.25, 0.3) is 0 Å². The van der Waals surface area contributed by atoms with Crippen molar-refractivity contribution in [3.63, 3.8) is 0 Å². The van der Waals surface area contributed by atoms with E-state index in [9.17, 15) is 9.59 Å². The first-order valence-corrected chi connectivity index (χ1v) is 6.97. The lowest BCUT2D eigenvalue weighted by atomic mass is 9.84. The van der Waals surface area contributed by atoms with E-state index in [0.29, 0.717) is 6.42 Å². The van der Waals surface area contributed by atoms with Gasteiger partial charge >= 0.3 is 5.97 Å². The number of carbonyl (C=O) groups is 2. The number of hydrogen-bond donors (Lipinski definition) is 2. The minimum atomic E-state index is -1.11. The van der Waals surface area contributed by atoms with Gasteiger partial charge in [-0.3, -0.25) is 4.79 Å². The average molecular weight is 309 g/mol. The number of methoxy groups -OCH3 is 2. The van der Waals surface area contributed by atoms with Gasteiger partial charge in [0.2, 0.25) is 5.91 Å². The molecule has 1 aromatic rings. The van der Waals surface area contributed by atoms with Gasteiger partial charge in [0.15, 0.2) is 6.10 Å². The van der Waals surface area contributed by atoms with Crippen LogP contribution in [0, 0.1) is 5.41 Å². The summed E-state index contributed by atoms with van der Waals surface area (Å²) in [6, 6.07) is 7.50. The highest BCUT2D eigenvalue weighted by Crippen LogP contribution is 2.27. The molecule has 0 aromatic heterocycles. The topological polar surface area (TPSA) is 84.9 Å². The van der Waals surface area contributed by atoms with Gasteiger partial charge in [0, 0.05) is 12.5 Å². The molecule has 1 amide bonds. The molecule has 122 valence electrons. The maximum atomic E-state index is 12.3. The Labute approximate surface area is 130 Å². The highest BCUT2D eigenvalue weighted by Gasteiger charge is 2.30. The van der Waals surface area contributed by atoms with Crippen LogP contribution < -0.4 is 10.1 Å². The van der Waals surface area contributed by atoms with Gasteiger partial charge in [-0.2, -0.15) is 0 Å². The summed E-state index contributed by atoms with van der Waals surface area (Å²) in [5.41, 5.74) is 0.220. The van der Waals surface area contributed by atoms with Crippen LogP contribution in [-0.4, -0.2) is 43.9 Å². The second kappa shape index (κ2) is 7.79. The second-order valence-corrected chi connectivity index (χ2v) is 5.65. The Hall–Kier alpha value is -2.08. The van der Waals surface area contributed by atoms with E-state index in [0.717, 1.165) is 11.3 Å². The van der Waals surface area contributed by atoms with Crippen LogP contribution in [0.5, 0.6) is 5.75 Å². The van der Waals surface area contributed by atoms with Crippen LogP contribution in [-0.2, 0) is 20.7 Å². The summed E-state index contributed by atoms with van der Waals surface area (Å²) >= 11 is 0. The Morgan fingerprint density at radius 2 is 1.91 bits per heavy atom. The van der Waals surface area contributed by atoms with Crippen LogP contribution in [0.1, 0.15) is 19.4 Å². The molecule has 0 bridgehead atoms. The smallest absolute Gasteiger partial charge is 0.334 e. The zero-order valence-electron chi connectivity index (χ0n) is 13.4. The second-order valence-electron chi connectivity index (χ2n) is 5.65. The van der Waals surface area contributed by atoms with E-state index < -0.39 is 17.5 Å². The van der Waals surface area contributed by atoms with Crippen molar-refractivity contribution in [2.75, 3.05) is 20.8 Å². The Bertz CT molecular complexity index is 527. The number of hydrogen-bond acceptors (Lipinski definition) is 4. The zero-order chi connectivity index (χ0) is 16.8. The molecule has 1 unspecified atom stereocenters. The van der Waals surface area contributed by atoms with E-state index in [1.54, 1.807) is 21.0 Å². The van der Waals surface area contributed by atoms with Crippen LogP contribution in [0.2, 0.25) is 0 Å². The van der Waals surface area contributed by atoms with E-state index in [4.69, 9.17) is 14.6 Å². The van der Waals surface area contributed by atoms with Crippen molar-refractivity contribution < 1.29 is 24.2 Å². The predicted octanol–water partition coefficient (Wildman–Crippen LogP) is 1.48. The molecule has 1 atom stereocenters. The summed E-state index contributed by atoms with van der Waals surface area (Å²) in [4.78, 5) is 23.2. The van der Waals surface area contributed by atoms with Crippen LogP contribution >= 0.6 is 0 Å². The summed E-state index contributed by atoms with van der Waals surface area (Å²) in [6.07, 6.45) is -0.570. The standard InChI is InChI=1S/C16H23NO5/c1-16(2,9-11-7-5-6-8-12(11)21-3)15(20)17-10-13(22-4)14(18)19/h5-8,13H,9-10H2,1-4H3,(H,17,20)(H,18,19). The molecule has 0 aliphatic heterocycles. The molecular formula is C16H23NO5. The lowest BCUT2D eigenvalue weighted by molar-refractivity contribution is -0.148. The fraction of sp³-hybridized carbons (Fsp3) is 0.500. The van der Waals surface area contributed by atoms with Crippen LogP contribution in [0.3, 0.4) is 0 Å². The van der Waals surface area contributed by atoms with Gasteiger partial charge in [-0.25, -0.2) is 4.79 Å². The van der Waals surface area contributed by atoms with Crippen molar-refractivity contribution in [3.8, 4) is 5.75 Å². The lowest BCUT2D eigenvalue weighted by Gasteiger charge is -2.25. The highest BCUT2D eigenvalue weighted by molar-refractivity contribution is 5.83. The largest absolute Gasteiger partial charge is 0.496 e. The first-order valence-electron chi connectivity index (χ1n) is 6.97. The fourth-order valence-corrected chi connectivity index (χ4v) is 2.10. The lowest BCUT2D eigenvalue weighted by Crippen LogP contribution is -2.44. The van der Waals surface area contributed by atoms with E-state index in [-0.39, 0.29) is 12.5 Å². The number of rotatable bonds is 8. The molecule has 1 aromatic carbocycles. The Morgan fingerprint density at radius 3 is 2.45 bits per heavy atom. The Balaban J connectivity index is 2.72. The van der Waals surface area contributed by atoms with Crippen molar-refractivity contribution in [2.45, 2.75) is 26.4 Å². The third-order valence-electron chi connectivity index (χ3n) is 3.45. The number of carboxylic acid groups (broad SMARTS) is 1. The third kappa shape index (κ3) is 4.73. The first kappa shape index (κ1) is 18.0. The van der Waals surface area contributed by atoms with E-state index >= 15 is 0 Å². The van der Waals surface area contributed by atoms with Gasteiger partial charge in [0.1, 0.15) is 5.75 Å². The monoisotopic (exact) mass is 309 g/mol. The molecule has 0 saturated heterocycles. The van der Waals surface area contributed by atoms with Crippen molar-refractivity contribution in [2.24, 2.45) is 5.41 Å². The highest BCUT2D eigenvalue weighted by atomic mass is 16.5. The number of carboxylic acids is 1. The van der Waals surface area contributed by atoms with Gasteiger partial charge in [0.05, 0.1) is 13.7 Å². The molecule has 6 nitrogen and oxygen atoms in total. The van der Waals surface area contributed by atoms with Crippen molar-refractivity contribution in [1.82, 2.24) is 5.32 Å². The summed E-state index contributed by atoms with van der Waals surface area (Å²) in [5.74, 6) is -0.615. The minimum Gasteiger partial charge on any atom is -0.496 e. The van der Waals surface area contributed by atoms with Gasteiger partial charge in [0.25, 0.3) is 0 Å². The number of ether oxygens (including phenoxy) is 2. The molecule has 22 heavy (non-hydrogen) atoms. The summed E-state index contributed by atoms with van der Waals surface area (Å²) in [6.45, 7) is 3.54. The number of carbonyl (C=O) groups excluding carboxylic acids is 1. The molecule has 0 heterocycles. The average Bonchev–Trinajstić information content (AvgIpc) is 2.47. The molecule has 0 spiro atoms. The Kier molecular flexibility index (Phi) is 6.37. The number of nitrogens with one attached hydrogen (secondary N) is 1. The molecule has 1 rings (SSSR count). The summed E-state index contributed by atoms with van der Waals surface area (Å²) in [7, 11) is 2.88. The van der Waals surface area contributed by atoms with Crippen LogP contribution in [0.15, 0.2) is 24.3 Å². The predicted molar refractivity (Wildman–Crippen MR) is 81.9 cm³/mol. The molecule has 6 heteroatoms. The third-order valence-corrected chi connectivity index (χ3v) is 3.45. The number of aliphatic carboxylic acids is 1. The Morgan fingerprint density at radius 1 is 1.27 bits per heavy atom. The van der Waals surface area contributed by atoms with Crippen molar-refractivity contribution >= 4 is 11.9 Å². The molecule has 2 N–H and O–H groups in total. The summed E-state index contributed by atoms with van der Waals surface area (Å²) < 4.78 is 10.1. The SMILES string of the molecule is COc1ccccc1CC(C)(C)C(=O)NCC(OC)C(=O)O. The number of amides is 1. The molecular weight excluding hydrogens is 286 g/mol. The van der Waals surface area contributed by atoms with Crippen LogP contribution in [0.4, 0.5) is 0 Å². The molecule has 0 fully saturated rings. The minimum absolute atomic E-state index is 0.0694. The quantitative estimate of drug-likeness (QED) is 0.760. The van der Waals surface area contributed by atoms with Gasteiger partial charge in [-0.15, -0.1) is 0 Å². The zero-order valence-corrected chi connectivity index (χ0v) is 13.4. The fourth-order valence-electron chi connectivity index (χ4n) is 2.10. The van der Waals surface area contributed by atoms with E-state index in [2.05, 4.69) is 5.32 Å². The number of para-hydroxylation sites is 1. The number of benzene rings is 1. The van der Waals surface area contributed by atoms with Gasteiger partial charge in [-0.05, 0) is 18.1 Å². The maximum Gasteiger partial charge on any atom is 0.334 e. The molecule has 0 aliphatic rings. The van der Waals surface area contributed by atoms with Gasteiger partial charge < -0.3 is 19.9 Å². The van der Waals surface area contributed by atoms with E-state index in [1.807, 2.05) is 24.3 Å². The summed E-state index contributed by atoms with van der Waals surface area (Å²) in [5, 5.41) is 11.5. The molecule has 0 aliphatic carbocycles.